The number of rotatable bonds is 8. The second-order valence-electron chi connectivity index (χ2n) is 7.41. The maximum Gasteiger partial charge on any atom is 0.217 e. The van der Waals surface area contributed by atoms with Crippen molar-refractivity contribution in [1.82, 2.24) is 14.9 Å². The summed E-state index contributed by atoms with van der Waals surface area (Å²) >= 11 is 0. The Hall–Kier alpha value is -2.02. The number of hydrogen-bond acceptors (Lipinski definition) is 6. The lowest BCUT2D eigenvalue weighted by atomic mass is 9.79. The van der Waals surface area contributed by atoms with Crippen LogP contribution in [0.1, 0.15) is 24.0 Å². The van der Waals surface area contributed by atoms with Gasteiger partial charge in [-0.2, -0.15) is 0 Å². The van der Waals surface area contributed by atoms with Crippen LogP contribution in [0.5, 0.6) is 5.88 Å². The van der Waals surface area contributed by atoms with E-state index in [2.05, 4.69) is 20.9 Å². The molecule has 144 valence electrons. The van der Waals surface area contributed by atoms with Gasteiger partial charge in [0.2, 0.25) is 5.88 Å². The molecular formula is C21H27N3O3. The molecule has 0 amide bonds. The first-order valence-corrected chi connectivity index (χ1v) is 9.60. The molecule has 1 spiro atoms. The lowest BCUT2D eigenvalue weighted by molar-refractivity contribution is -0.139. The molecule has 4 rings (SSSR count). The van der Waals surface area contributed by atoms with Gasteiger partial charge < -0.3 is 14.2 Å². The molecule has 2 aliphatic heterocycles. The highest BCUT2D eigenvalue weighted by molar-refractivity contribution is 5.26. The third-order valence-corrected chi connectivity index (χ3v) is 5.65. The van der Waals surface area contributed by atoms with Crippen molar-refractivity contribution in [3.05, 3.63) is 54.0 Å². The molecule has 2 aliphatic rings. The van der Waals surface area contributed by atoms with Crippen molar-refractivity contribution in [2.45, 2.75) is 31.6 Å². The molecule has 4 heterocycles. The van der Waals surface area contributed by atoms with Gasteiger partial charge in [0.25, 0.3) is 0 Å². The van der Waals surface area contributed by atoms with Crippen LogP contribution in [-0.4, -0.2) is 53.9 Å². The third kappa shape index (κ3) is 4.13. The number of aromatic nitrogens is 2. The summed E-state index contributed by atoms with van der Waals surface area (Å²) in [4.78, 5) is 10.7. The van der Waals surface area contributed by atoms with Crippen molar-refractivity contribution < 1.29 is 14.2 Å². The maximum atomic E-state index is 6.18. The second kappa shape index (κ2) is 8.33. The minimum atomic E-state index is 0.00940. The first kappa shape index (κ1) is 18.3. The van der Waals surface area contributed by atoms with Crippen LogP contribution in [0.15, 0.2) is 42.9 Å². The Bertz CT molecular complexity index is 734. The van der Waals surface area contributed by atoms with Crippen LogP contribution in [-0.2, 0) is 22.6 Å². The number of pyridine rings is 2. The second-order valence-corrected chi connectivity index (χ2v) is 7.41. The van der Waals surface area contributed by atoms with Gasteiger partial charge in [0.15, 0.2) is 0 Å². The minimum absolute atomic E-state index is 0.00940. The Morgan fingerprint density at radius 2 is 2.07 bits per heavy atom. The molecule has 0 saturated carbocycles. The van der Waals surface area contributed by atoms with E-state index in [9.17, 15) is 0 Å². The molecule has 27 heavy (non-hydrogen) atoms. The molecule has 0 aliphatic carbocycles. The molecule has 0 bridgehead atoms. The van der Waals surface area contributed by atoms with Gasteiger partial charge in [-0.1, -0.05) is 6.07 Å². The molecule has 0 unspecified atom stereocenters. The quantitative estimate of drug-likeness (QED) is 0.667. The Balaban J connectivity index is 1.24. The number of likely N-dealkylation sites (tertiary alicyclic amines) is 1. The van der Waals surface area contributed by atoms with E-state index < -0.39 is 0 Å². The summed E-state index contributed by atoms with van der Waals surface area (Å²) in [5, 5.41) is 0. The summed E-state index contributed by atoms with van der Waals surface area (Å²) in [6.45, 7) is 5.08. The SMILES string of the molecule is COc1ncccc1CN1CC2(C1)OCC[C@H]2CCOCc1ccncc1. The van der Waals surface area contributed by atoms with Crippen LogP contribution in [0, 0.1) is 5.92 Å². The van der Waals surface area contributed by atoms with Gasteiger partial charge in [-0.15, -0.1) is 0 Å². The fourth-order valence-electron chi connectivity index (χ4n) is 4.23. The van der Waals surface area contributed by atoms with Gasteiger partial charge >= 0.3 is 0 Å². The molecule has 2 aromatic rings. The van der Waals surface area contributed by atoms with Crippen LogP contribution >= 0.6 is 0 Å². The van der Waals surface area contributed by atoms with Gasteiger partial charge in [-0.05, 0) is 42.5 Å². The summed E-state index contributed by atoms with van der Waals surface area (Å²) < 4.78 is 17.4. The average molecular weight is 369 g/mol. The first-order valence-electron chi connectivity index (χ1n) is 9.60. The molecule has 0 radical (unpaired) electrons. The van der Waals surface area contributed by atoms with E-state index in [1.54, 1.807) is 25.7 Å². The number of nitrogens with zero attached hydrogens (tertiary/aromatic N) is 3. The van der Waals surface area contributed by atoms with Gasteiger partial charge in [0, 0.05) is 57.0 Å². The molecule has 2 fully saturated rings. The molecular weight excluding hydrogens is 342 g/mol. The fourth-order valence-corrected chi connectivity index (χ4v) is 4.23. The van der Waals surface area contributed by atoms with Crippen LogP contribution < -0.4 is 4.74 Å². The molecule has 6 heteroatoms. The Kier molecular flexibility index (Phi) is 5.66. The van der Waals surface area contributed by atoms with Crippen LogP contribution in [0.4, 0.5) is 0 Å². The maximum absolute atomic E-state index is 6.18. The largest absolute Gasteiger partial charge is 0.481 e. The number of hydrogen-bond donors (Lipinski definition) is 0. The molecule has 2 saturated heterocycles. The van der Waals surface area contributed by atoms with Crippen LogP contribution in [0.25, 0.3) is 0 Å². The van der Waals surface area contributed by atoms with E-state index in [1.165, 1.54) is 5.56 Å². The van der Waals surface area contributed by atoms with Crippen molar-refractivity contribution >= 4 is 0 Å². The zero-order valence-corrected chi connectivity index (χ0v) is 15.8. The topological polar surface area (TPSA) is 56.7 Å². The van der Waals surface area contributed by atoms with Crippen molar-refractivity contribution in [2.75, 3.05) is 33.4 Å². The Labute approximate surface area is 160 Å². The van der Waals surface area contributed by atoms with Crippen molar-refractivity contribution in [3.63, 3.8) is 0 Å². The fraction of sp³-hybridized carbons (Fsp3) is 0.524. The highest BCUT2D eigenvalue weighted by Gasteiger charge is 2.52. The molecule has 1 atom stereocenters. The van der Waals surface area contributed by atoms with Gasteiger partial charge in [0.05, 0.1) is 19.3 Å². The van der Waals surface area contributed by atoms with E-state index in [0.29, 0.717) is 18.4 Å². The third-order valence-electron chi connectivity index (χ3n) is 5.65. The van der Waals surface area contributed by atoms with E-state index in [1.807, 2.05) is 18.2 Å². The Morgan fingerprint density at radius 1 is 1.22 bits per heavy atom. The highest BCUT2D eigenvalue weighted by atomic mass is 16.5. The zero-order valence-electron chi connectivity index (χ0n) is 15.8. The monoisotopic (exact) mass is 369 g/mol. The molecule has 6 nitrogen and oxygen atoms in total. The molecule has 0 N–H and O–H groups in total. The predicted octanol–water partition coefficient (Wildman–Crippen LogP) is 2.68. The Morgan fingerprint density at radius 3 is 2.89 bits per heavy atom. The summed E-state index contributed by atoms with van der Waals surface area (Å²) in [5.41, 5.74) is 2.31. The van der Waals surface area contributed by atoms with Crippen LogP contribution in [0.3, 0.4) is 0 Å². The molecule has 0 aromatic carbocycles. The highest BCUT2D eigenvalue weighted by Crippen LogP contribution is 2.42. The zero-order chi connectivity index (χ0) is 18.5. The van der Waals surface area contributed by atoms with Crippen molar-refractivity contribution in [2.24, 2.45) is 5.92 Å². The summed E-state index contributed by atoms with van der Waals surface area (Å²) in [6, 6.07) is 8.03. The first-order chi connectivity index (χ1) is 13.3. The smallest absolute Gasteiger partial charge is 0.217 e. The van der Waals surface area contributed by atoms with Gasteiger partial charge in [0.1, 0.15) is 0 Å². The minimum Gasteiger partial charge on any atom is -0.481 e. The molecule has 2 aromatic heterocycles. The van der Waals surface area contributed by atoms with Crippen LogP contribution in [0.2, 0.25) is 0 Å². The van der Waals surface area contributed by atoms with Gasteiger partial charge in [-0.25, -0.2) is 4.98 Å². The number of methoxy groups -OCH3 is 1. The lowest BCUT2D eigenvalue weighted by Gasteiger charge is -2.50. The van der Waals surface area contributed by atoms with Crippen molar-refractivity contribution in [3.8, 4) is 5.88 Å². The average Bonchev–Trinajstić information content (AvgIpc) is 3.10. The van der Waals surface area contributed by atoms with Crippen molar-refractivity contribution in [1.29, 1.82) is 0 Å². The lowest BCUT2D eigenvalue weighted by Crippen LogP contribution is -2.64. The van der Waals surface area contributed by atoms with E-state index in [4.69, 9.17) is 14.2 Å². The number of ether oxygens (including phenoxy) is 3. The summed E-state index contributed by atoms with van der Waals surface area (Å²) in [6.07, 6.45) is 7.55. The normalized spacial score (nSPS) is 21.3. The van der Waals surface area contributed by atoms with E-state index >= 15 is 0 Å². The standard InChI is InChI=1S/C21H27N3O3/c1-25-20-18(3-2-8-23-20)13-24-15-21(16-24)19(7-12-27-21)6-11-26-14-17-4-9-22-10-5-17/h2-5,8-10,19H,6-7,11-16H2,1H3/t19-/m1/s1. The summed E-state index contributed by atoms with van der Waals surface area (Å²) in [5.74, 6) is 1.29. The van der Waals surface area contributed by atoms with E-state index in [-0.39, 0.29) is 5.60 Å². The van der Waals surface area contributed by atoms with E-state index in [0.717, 1.165) is 51.3 Å². The summed E-state index contributed by atoms with van der Waals surface area (Å²) in [7, 11) is 1.67. The van der Waals surface area contributed by atoms with Gasteiger partial charge in [-0.3, -0.25) is 9.88 Å². The predicted molar refractivity (Wildman–Crippen MR) is 101 cm³/mol.